The molecule has 0 aliphatic heterocycles. The van der Waals surface area contributed by atoms with Crippen LogP contribution in [0.3, 0.4) is 0 Å². The third-order valence-electron chi connectivity index (χ3n) is 4.82. The molecule has 0 aliphatic rings. The van der Waals surface area contributed by atoms with Crippen LogP contribution < -0.4 is 11.2 Å². The number of nitrogens with two attached hydrogens (primary N) is 1. The molecule has 0 atom stereocenters. The number of aliphatic imine (C=N–C) groups is 1. The molecule has 0 amide bonds. The van der Waals surface area contributed by atoms with Crippen molar-refractivity contribution in [2.45, 2.75) is 25.8 Å². The molecule has 0 aliphatic carbocycles. The van der Waals surface area contributed by atoms with Gasteiger partial charge in [-0.05, 0) is 42.5 Å². The topological polar surface area (TPSA) is 94.3 Å². The average Bonchev–Trinajstić information content (AvgIpc) is 3.33. The Morgan fingerprint density at radius 1 is 0.929 bits per heavy atom. The standard InChI is InChI=1S/C22H24N6/c23-22(26-15-17-14-25-21-11-4-2-9-19(17)21)28-27-12-6-5-7-16-13-24-20-10-3-1-8-18(16)20/h1-4,8-14,24-25H,5-7,15H2,(H3,23,26,28). The molecule has 0 bridgehead atoms. The minimum atomic E-state index is 0.318. The van der Waals surface area contributed by atoms with Gasteiger partial charge in [-0.2, -0.15) is 5.10 Å². The van der Waals surface area contributed by atoms with Gasteiger partial charge in [0.05, 0.1) is 6.54 Å². The van der Waals surface area contributed by atoms with Crippen molar-refractivity contribution >= 4 is 34.0 Å². The number of hydrogen-bond acceptors (Lipinski definition) is 2. The Morgan fingerprint density at radius 3 is 2.32 bits per heavy atom. The van der Waals surface area contributed by atoms with Gasteiger partial charge in [-0.25, -0.2) is 10.4 Å². The van der Waals surface area contributed by atoms with Crippen LogP contribution >= 0.6 is 0 Å². The highest BCUT2D eigenvalue weighted by Gasteiger charge is 2.02. The summed E-state index contributed by atoms with van der Waals surface area (Å²) in [4.78, 5) is 10.9. The molecule has 0 radical (unpaired) electrons. The summed E-state index contributed by atoms with van der Waals surface area (Å²) >= 11 is 0. The molecule has 28 heavy (non-hydrogen) atoms. The highest BCUT2D eigenvalue weighted by molar-refractivity contribution is 5.84. The fourth-order valence-corrected chi connectivity index (χ4v) is 3.37. The van der Waals surface area contributed by atoms with E-state index in [4.69, 9.17) is 5.73 Å². The van der Waals surface area contributed by atoms with E-state index in [0.717, 1.165) is 30.3 Å². The van der Waals surface area contributed by atoms with Crippen molar-refractivity contribution < 1.29 is 0 Å². The third kappa shape index (κ3) is 4.06. The fraction of sp³-hybridized carbons (Fsp3) is 0.182. The molecule has 0 fully saturated rings. The summed E-state index contributed by atoms with van der Waals surface area (Å²) in [5.74, 6) is 0.318. The third-order valence-corrected chi connectivity index (χ3v) is 4.82. The van der Waals surface area contributed by atoms with Gasteiger partial charge in [0, 0.05) is 40.4 Å². The molecule has 2 aromatic carbocycles. The molecule has 5 N–H and O–H groups in total. The number of fused-ring (bicyclic) bond motifs is 2. The number of benzene rings is 2. The van der Waals surface area contributed by atoms with Crippen LogP contribution in [0.15, 0.2) is 71.0 Å². The maximum Gasteiger partial charge on any atom is 0.209 e. The van der Waals surface area contributed by atoms with Crippen LogP contribution in [0, 0.1) is 0 Å². The van der Waals surface area contributed by atoms with Crippen LogP contribution in [-0.2, 0) is 13.0 Å². The molecule has 6 heteroatoms. The summed E-state index contributed by atoms with van der Waals surface area (Å²) < 4.78 is 0. The Balaban J connectivity index is 1.22. The van der Waals surface area contributed by atoms with E-state index in [9.17, 15) is 0 Å². The summed E-state index contributed by atoms with van der Waals surface area (Å²) in [5, 5.41) is 6.63. The maximum absolute atomic E-state index is 5.90. The van der Waals surface area contributed by atoms with Gasteiger partial charge in [0.2, 0.25) is 5.96 Å². The number of aromatic amines is 2. The van der Waals surface area contributed by atoms with Crippen molar-refractivity contribution in [3.8, 4) is 0 Å². The van der Waals surface area contributed by atoms with Crippen LogP contribution in [0.1, 0.15) is 24.0 Å². The first-order valence-corrected chi connectivity index (χ1v) is 9.49. The van der Waals surface area contributed by atoms with E-state index in [1.807, 2.05) is 36.7 Å². The highest BCUT2D eigenvalue weighted by Crippen LogP contribution is 2.19. The van der Waals surface area contributed by atoms with E-state index >= 15 is 0 Å². The van der Waals surface area contributed by atoms with Crippen molar-refractivity contribution in [1.29, 1.82) is 0 Å². The second-order valence-corrected chi connectivity index (χ2v) is 6.74. The lowest BCUT2D eigenvalue weighted by Crippen LogP contribution is -2.27. The summed E-state index contributed by atoms with van der Waals surface area (Å²) in [6.45, 7) is 0.513. The average molecular weight is 372 g/mol. The molecule has 4 aromatic rings. The molecule has 0 saturated carbocycles. The van der Waals surface area contributed by atoms with Crippen molar-refractivity contribution in [2.24, 2.45) is 15.8 Å². The number of rotatable bonds is 7. The largest absolute Gasteiger partial charge is 0.369 e. The molecule has 0 unspecified atom stereocenters. The van der Waals surface area contributed by atoms with Crippen LogP contribution in [0.4, 0.5) is 0 Å². The first-order chi connectivity index (χ1) is 13.8. The van der Waals surface area contributed by atoms with Crippen LogP contribution in [0.25, 0.3) is 21.8 Å². The van der Waals surface area contributed by atoms with E-state index in [1.165, 1.54) is 21.9 Å². The van der Waals surface area contributed by atoms with E-state index in [2.05, 4.69) is 55.9 Å². The minimum Gasteiger partial charge on any atom is -0.369 e. The van der Waals surface area contributed by atoms with Gasteiger partial charge < -0.3 is 15.7 Å². The Labute approximate surface area is 163 Å². The van der Waals surface area contributed by atoms with Crippen LogP contribution in [-0.4, -0.2) is 22.1 Å². The number of aromatic nitrogens is 2. The number of hydrazone groups is 1. The fourth-order valence-electron chi connectivity index (χ4n) is 3.37. The number of unbranched alkanes of at least 4 members (excludes halogenated alkanes) is 1. The first-order valence-electron chi connectivity index (χ1n) is 9.49. The molecule has 6 nitrogen and oxygen atoms in total. The SMILES string of the molecule is NC(=NCc1c[nH]c2ccccc12)NN=CCCCc1c[nH]c2ccccc12. The van der Waals surface area contributed by atoms with E-state index < -0.39 is 0 Å². The van der Waals surface area contributed by atoms with E-state index in [0.29, 0.717) is 12.5 Å². The smallest absolute Gasteiger partial charge is 0.209 e. The zero-order valence-corrected chi connectivity index (χ0v) is 15.7. The molecule has 2 aromatic heterocycles. The predicted octanol–water partition coefficient (Wildman–Crippen LogP) is 4.06. The number of nitrogens with zero attached hydrogens (tertiary/aromatic N) is 2. The van der Waals surface area contributed by atoms with E-state index in [-0.39, 0.29) is 0 Å². The molecular formula is C22H24N6. The lowest BCUT2D eigenvalue weighted by atomic mass is 10.1. The minimum absolute atomic E-state index is 0.318. The monoisotopic (exact) mass is 372 g/mol. The second kappa shape index (κ2) is 8.43. The molecule has 142 valence electrons. The Hall–Kier alpha value is -3.54. The van der Waals surface area contributed by atoms with Gasteiger partial charge in [-0.15, -0.1) is 0 Å². The van der Waals surface area contributed by atoms with Gasteiger partial charge in [0.15, 0.2) is 0 Å². The Bertz CT molecular complexity index is 1120. The zero-order valence-electron chi connectivity index (χ0n) is 15.7. The van der Waals surface area contributed by atoms with Gasteiger partial charge in [0.25, 0.3) is 0 Å². The summed E-state index contributed by atoms with van der Waals surface area (Å²) in [7, 11) is 0. The molecule has 0 saturated heterocycles. The molecular weight excluding hydrogens is 348 g/mol. The van der Waals surface area contributed by atoms with Crippen molar-refractivity contribution in [3.63, 3.8) is 0 Å². The summed E-state index contributed by atoms with van der Waals surface area (Å²) in [5.41, 5.74) is 13.4. The van der Waals surface area contributed by atoms with Gasteiger partial charge in [-0.3, -0.25) is 0 Å². The number of H-pyrrole nitrogens is 2. The molecule has 4 rings (SSSR count). The number of hydrogen-bond donors (Lipinski definition) is 4. The zero-order chi connectivity index (χ0) is 19.2. The first kappa shape index (κ1) is 17.9. The predicted molar refractivity (Wildman–Crippen MR) is 116 cm³/mol. The van der Waals surface area contributed by atoms with E-state index in [1.54, 1.807) is 0 Å². The summed E-state index contributed by atoms with van der Waals surface area (Å²) in [6.07, 6.45) is 8.83. The van der Waals surface area contributed by atoms with Gasteiger partial charge in [0.1, 0.15) is 0 Å². The molecule has 0 spiro atoms. The second-order valence-electron chi connectivity index (χ2n) is 6.74. The lowest BCUT2D eigenvalue weighted by molar-refractivity contribution is 0.868. The number of guanidine groups is 1. The normalized spacial score (nSPS) is 12.4. The van der Waals surface area contributed by atoms with Crippen molar-refractivity contribution in [2.75, 3.05) is 0 Å². The quantitative estimate of drug-likeness (QED) is 0.170. The number of nitrogens with one attached hydrogen (secondary N) is 3. The van der Waals surface area contributed by atoms with Crippen LogP contribution in [0.2, 0.25) is 0 Å². The Morgan fingerprint density at radius 2 is 1.57 bits per heavy atom. The number of para-hydroxylation sites is 2. The Kier molecular flexibility index (Phi) is 5.38. The number of aryl methyl sites for hydroxylation is 1. The highest BCUT2D eigenvalue weighted by atomic mass is 15.3. The lowest BCUT2D eigenvalue weighted by Gasteiger charge is -2.00. The maximum atomic E-state index is 5.90. The molecule has 2 heterocycles. The van der Waals surface area contributed by atoms with Crippen molar-refractivity contribution in [1.82, 2.24) is 15.4 Å². The van der Waals surface area contributed by atoms with Gasteiger partial charge >= 0.3 is 0 Å². The van der Waals surface area contributed by atoms with Gasteiger partial charge in [-0.1, -0.05) is 36.4 Å². The van der Waals surface area contributed by atoms with Crippen LogP contribution in [0.5, 0.6) is 0 Å². The van der Waals surface area contributed by atoms with Crippen molar-refractivity contribution in [3.05, 3.63) is 72.1 Å². The summed E-state index contributed by atoms with van der Waals surface area (Å²) in [6, 6.07) is 16.5.